The highest BCUT2D eigenvalue weighted by Gasteiger charge is 2.20. The van der Waals surface area contributed by atoms with E-state index < -0.39 is 15.8 Å². The van der Waals surface area contributed by atoms with Crippen LogP contribution in [0.15, 0.2) is 28.5 Å². The van der Waals surface area contributed by atoms with E-state index >= 15 is 0 Å². The Labute approximate surface area is 131 Å². The van der Waals surface area contributed by atoms with Crippen LogP contribution in [-0.2, 0) is 21.1 Å². The second kappa shape index (κ2) is 6.13. The predicted octanol–water partition coefficient (Wildman–Crippen LogP) is 2.88. The summed E-state index contributed by atoms with van der Waals surface area (Å²) in [5.41, 5.74) is 0.822. The van der Waals surface area contributed by atoms with Crippen LogP contribution in [-0.4, -0.2) is 30.2 Å². The van der Waals surface area contributed by atoms with Crippen LogP contribution in [0.2, 0.25) is 5.02 Å². The number of nitrogens with zero attached hydrogens (tertiary/aromatic N) is 1. The Morgan fingerprint density at radius 2 is 2.14 bits per heavy atom. The first-order chi connectivity index (χ1) is 9.83. The monoisotopic (exact) mass is 345 g/mol. The van der Waals surface area contributed by atoms with Crippen LogP contribution < -0.4 is 0 Å². The van der Waals surface area contributed by atoms with Crippen LogP contribution in [0.1, 0.15) is 11.9 Å². The van der Waals surface area contributed by atoms with E-state index in [4.69, 9.17) is 16.7 Å². The number of rotatable bonds is 5. The molecule has 0 bridgehead atoms. The van der Waals surface area contributed by atoms with Crippen molar-refractivity contribution in [1.29, 1.82) is 0 Å². The number of hydrogen-bond donors (Lipinski definition) is 1. The van der Waals surface area contributed by atoms with Crippen LogP contribution >= 0.6 is 22.9 Å². The molecule has 0 saturated heterocycles. The van der Waals surface area contributed by atoms with Gasteiger partial charge in [-0.25, -0.2) is 13.4 Å². The highest BCUT2D eigenvalue weighted by atomic mass is 35.5. The molecule has 2 rings (SSSR count). The van der Waals surface area contributed by atoms with Gasteiger partial charge in [-0.05, 0) is 18.2 Å². The molecule has 2 aromatic rings. The van der Waals surface area contributed by atoms with Gasteiger partial charge in [-0.2, -0.15) is 0 Å². The second-order valence-corrected chi connectivity index (χ2v) is 7.87. The third-order valence-corrected chi connectivity index (χ3v) is 5.66. The molecule has 0 radical (unpaired) electrons. The van der Waals surface area contributed by atoms with Crippen molar-refractivity contribution < 1.29 is 18.3 Å². The summed E-state index contributed by atoms with van der Waals surface area (Å²) in [5.74, 6) is -1.02. The van der Waals surface area contributed by atoms with Crippen LogP contribution in [0.5, 0.6) is 0 Å². The molecule has 5 nitrogen and oxygen atoms in total. The first kappa shape index (κ1) is 15.9. The van der Waals surface area contributed by atoms with Gasteiger partial charge in [0, 0.05) is 16.0 Å². The zero-order chi connectivity index (χ0) is 15.6. The molecule has 0 spiro atoms. The van der Waals surface area contributed by atoms with E-state index in [0.717, 1.165) is 0 Å². The van der Waals surface area contributed by atoms with E-state index in [1.807, 2.05) is 0 Å². The molecule has 0 unspecified atom stereocenters. The summed E-state index contributed by atoms with van der Waals surface area (Å²) in [6.07, 6.45) is -0.193. The summed E-state index contributed by atoms with van der Waals surface area (Å²) in [4.78, 5) is 15.0. The van der Waals surface area contributed by atoms with E-state index in [2.05, 4.69) is 4.98 Å². The molecule has 1 aromatic carbocycles. The van der Waals surface area contributed by atoms with Crippen molar-refractivity contribution in [2.45, 2.75) is 18.2 Å². The third kappa shape index (κ3) is 3.61. The lowest BCUT2D eigenvalue weighted by molar-refractivity contribution is -0.136. The fraction of sp³-hybridized carbons (Fsp3) is 0.231. The first-order valence-corrected chi connectivity index (χ1v) is 8.93. The fourth-order valence-corrected chi connectivity index (χ4v) is 3.82. The lowest BCUT2D eigenvalue weighted by Gasteiger charge is -2.08. The van der Waals surface area contributed by atoms with Crippen molar-refractivity contribution in [3.8, 4) is 11.3 Å². The van der Waals surface area contributed by atoms with Gasteiger partial charge in [-0.3, -0.25) is 4.79 Å². The largest absolute Gasteiger partial charge is 0.481 e. The molecule has 0 amide bonds. The zero-order valence-corrected chi connectivity index (χ0v) is 13.4. The quantitative estimate of drug-likeness (QED) is 0.900. The molecule has 8 heteroatoms. The molecule has 21 heavy (non-hydrogen) atoms. The Morgan fingerprint density at radius 3 is 2.76 bits per heavy atom. The molecule has 112 valence electrons. The van der Waals surface area contributed by atoms with E-state index in [9.17, 15) is 13.2 Å². The molecule has 0 atom stereocenters. The maximum atomic E-state index is 12.1. The van der Waals surface area contributed by atoms with Gasteiger partial charge in [-0.15, -0.1) is 11.3 Å². The van der Waals surface area contributed by atoms with Gasteiger partial charge >= 0.3 is 5.97 Å². The summed E-state index contributed by atoms with van der Waals surface area (Å²) in [7, 11) is -3.42. The van der Waals surface area contributed by atoms with Gasteiger partial charge in [0.1, 0.15) is 5.01 Å². The number of aromatic nitrogens is 1. The lowest BCUT2D eigenvalue weighted by atomic mass is 10.2. The Balaban J connectivity index is 2.55. The molecular formula is C13H12ClNO4S2. The Kier molecular flexibility index (Phi) is 4.65. The van der Waals surface area contributed by atoms with Crippen LogP contribution in [0.3, 0.4) is 0 Å². The van der Waals surface area contributed by atoms with Crippen molar-refractivity contribution in [2.75, 3.05) is 5.75 Å². The van der Waals surface area contributed by atoms with Crippen molar-refractivity contribution in [3.05, 3.63) is 33.6 Å². The summed E-state index contributed by atoms with van der Waals surface area (Å²) in [5, 5.41) is 11.2. The molecule has 0 aliphatic heterocycles. The molecule has 0 saturated carbocycles. The summed E-state index contributed by atoms with van der Waals surface area (Å²) < 4.78 is 24.3. The molecular weight excluding hydrogens is 334 g/mol. The van der Waals surface area contributed by atoms with Gasteiger partial charge in [0.2, 0.25) is 0 Å². The number of aliphatic carboxylic acids is 1. The molecule has 0 aliphatic rings. The van der Waals surface area contributed by atoms with Gasteiger partial charge in [-0.1, -0.05) is 18.5 Å². The van der Waals surface area contributed by atoms with Crippen molar-refractivity contribution >= 4 is 38.7 Å². The molecule has 0 aliphatic carbocycles. The van der Waals surface area contributed by atoms with Gasteiger partial charge in [0.15, 0.2) is 9.84 Å². The van der Waals surface area contributed by atoms with Gasteiger partial charge in [0.05, 0.1) is 22.8 Å². The average Bonchev–Trinajstić information content (AvgIpc) is 2.86. The smallest absolute Gasteiger partial charge is 0.310 e. The summed E-state index contributed by atoms with van der Waals surface area (Å²) in [6.45, 7) is 1.56. The number of carboxylic acids is 1. The van der Waals surface area contributed by atoms with Gasteiger partial charge < -0.3 is 5.11 Å². The Morgan fingerprint density at radius 1 is 1.43 bits per heavy atom. The summed E-state index contributed by atoms with van der Waals surface area (Å²) in [6, 6.07) is 4.49. The topological polar surface area (TPSA) is 84.3 Å². The lowest BCUT2D eigenvalue weighted by Crippen LogP contribution is -2.06. The van der Waals surface area contributed by atoms with Crippen molar-refractivity contribution in [1.82, 2.24) is 4.98 Å². The van der Waals surface area contributed by atoms with Crippen LogP contribution in [0, 0.1) is 0 Å². The number of halogens is 1. The maximum Gasteiger partial charge on any atom is 0.310 e. The normalized spacial score (nSPS) is 11.5. The highest BCUT2D eigenvalue weighted by Crippen LogP contribution is 2.31. The summed E-state index contributed by atoms with van der Waals surface area (Å²) >= 11 is 7.11. The number of sulfone groups is 1. The minimum absolute atomic E-state index is 0.0340. The van der Waals surface area contributed by atoms with Crippen molar-refractivity contribution in [2.24, 2.45) is 0 Å². The first-order valence-electron chi connectivity index (χ1n) is 6.02. The second-order valence-electron chi connectivity index (χ2n) is 4.24. The highest BCUT2D eigenvalue weighted by molar-refractivity contribution is 7.91. The predicted molar refractivity (Wildman–Crippen MR) is 81.6 cm³/mol. The maximum absolute atomic E-state index is 12.1. The van der Waals surface area contributed by atoms with Gasteiger partial charge in [0.25, 0.3) is 0 Å². The Hall–Kier alpha value is -1.44. The number of benzene rings is 1. The van der Waals surface area contributed by atoms with E-state index in [0.29, 0.717) is 21.3 Å². The minimum atomic E-state index is -3.42. The molecule has 1 heterocycles. The third-order valence-electron chi connectivity index (χ3n) is 2.79. The number of carbonyl (C=O) groups is 1. The van der Waals surface area contributed by atoms with Crippen molar-refractivity contribution in [3.63, 3.8) is 0 Å². The van der Waals surface area contributed by atoms with E-state index in [1.165, 1.54) is 29.5 Å². The molecule has 1 N–H and O–H groups in total. The SMILES string of the molecule is CCS(=O)(=O)c1ccc(Cl)cc1-c1csc(CC(=O)O)n1. The fourth-order valence-electron chi connectivity index (χ4n) is 1.77. The zero-order valence-electron chi connectivity index (χ0n) is 11.0. The standard InChI is InChI=1S/C13H12ClNO4S2/c1-2-21(18,19)11-4-3-8(14)5-9(11)10-7-20-12(15-10)6-13(16)17/h3-5,7H,2,6H2,1H3,(H,16,17). The number of thiazole rings is 1. The molecule has 0 fully saturated rings. The van der Waals surface area contributed by atoms with E-state index in [-0.39, 0.29) is 17.1 Å². The van der Waals surface area contributed by atoms with Crippen LogP contribution in [0.4, 0.5) is 0 Å². The Bertz CT molecular complexity index is 783. The number of carboxylic acid groups (broad SMARTS) is 1. The molecule has 1 aromatic heterocycles. The van der Waals surface area contributed by atoms with Crippen LogP contribution in [0.25, 0.3) is 11.3 Å². The average molecular weight is 346 g/mol. The number of hydrogen-bond acceptors (Lipinski definition) is 5. The van der Waals surface area contributed by atoms with E-state index in [1.54, 1.807) is 12.3 Å². The minimum Gasteiger partial charge on any atom is -0.481 e.